The van der Waals surface area contributed by atoms with Gasteiger partial charge in [0, 0.05) is 0 Å². The second-order valence-electron chi connectivity index (χ2n) is 2.38. The predicted molar refractivity (Wildman–Crippen MR) is 41.2 cm³/mol. The van der Waals surface area contributed by atoms with Crippen LogP contribution in [0.2, 0.25) is 0 Å². The van der Waals surface area contributed by atoms with E-state index in [0.717, 1.165) is 5.56 Å². The van der Waals surface area contributed by atoms with E-state index in [4.69, 9.17) is 11.1 Å². The van der Waals surface area contributed by atoms with Crippen LogP contribution in [0.25, 0.3) is 0 Å². The third-order valence-electron chi connectivity index (χ3n) is 1.32. The van der Waals surface area contributed by atoms with Gasteiger partial charge in [0.1, 0.15) is 5.82 Å². The smallest absolute Gasteiger partial charge is 0.242 e. The molecule has 0 saturated carbocycles. The predicted octanol–water partition coefficient (Wildman–Crippen LogP) is -0.515. The van der Waals surface area contributed by atoms with Gasteiger partial charge in [-0.15, -0.1) is 0 Å². The molecule has 0 aliphatic rings. The molecule has 0 spiro atoms. The first-order valence-corrected chi connectivity index (χ1v) is 3.29. The second kappa shape index (κ2) is 3.14. The van der Waals surface area contributed by atoms with Crippen LogP contribution in [0, 0.1) is 5.82 Å². The van der Waals surface area contributed by atoms with E-state index in [-0.39, 0.29) is 5.82 Å². The number of hydrogen-bond donors (Lipinski definition) is 2. The van der Waals surface area contributed by atoms with Gasteiger partial charge in [0.2, 0.25) is 5.84 Å². The fourth-order valence-electron chi connectivity index (χ4n) is 0.838. The molecule has 1 rings (SSSR count). The number of rotatable bonds is 2. The molecule has 4 N–H and O–H groups in total. The lowest BCUT2D eigenvalue weighted by Gasteiger charge is -1.94. The topological polar surface area (TPSA) is 51.6 Å². The van der Waals surface area contributed by atoms with Crippen LogP contribution in [0.1, 0.15) is 5.56 Å². The van der Waals surface area contributed by atoms with Gasteiger partial charge < -0.3 is 0 Å². The average Bonchev–Trinajstić information content (AvgIpc) is 1.93. The number of nitrogens with two attached hydrogens (primary N) is 2. The van der Waals surface area contributed by atoms with Crippen molar-refractivity contribution in [1.82, 2.24) is 0 Å². The van der Waals surface area contributed by atoms with Gasteiger partial charge in [-0.1, -0.05) is 12.1 Å². The summed E-state index contributed by atoms with van der Waals surface area (Å²) in [5.74, 6) is 0.0981. The Labute approximate surface area is 64.4 Å². The van der Waals surface area contributed by atoms with Crippen molar-refractivity contribution < 1.29 is 9.80 Å². The molecular formula is C8H10FN2+. The first-order chi connectivity index (χ1) is 5.18. The third kappa shape index (κ3) is 2.37. The molecule has 11 heavy (non-hydrogen) atoms. The third-order valence-corrected chi connectivity index (χ3v) is 1.32. The molecular weight excluding hydrogens is 143 g/mol. The van der Waals surface area contributed by atoms with Crippen molar-refractivity contribution in [1.29, 1.82) is 0 Å². The highest BCUT2D eigenvalue weighted by atomic mass is 19.1. The molecule has 0 saturated heterocycles. The van der Waals surface area contributed by atoms with Crippen molar-refractivity contribution in [2.45, 2.75) is 6.42 Å². The van der Waals surface area contributed by atoms with Crippen LogP contribution in [-0.2, 0) is 6.42 Å². The molecule has 2 nitrogen and oxygen atoms in total. The van der Waals surface area contributed by atoms with Gasteiger partial charge >= 0.3 is 0 Å². The molecule has 0 amide bonds. The summed E-state index contributed by atoms with van der Waals surface area (Å²) in [6, 6.07) is 6.10. The number of benzene rings is 1. The van der Waals surface area contributed by atoms with Gasteiger partial charge in [0.25, 0.3) is 0 Å². The van der Waals surface area contributed by atoms with Crippen molar-refractivity contribution in [2.75, 3.05) is 0 Å². The van der Waals surface area contributed by atoms with Crippen LogP contribution in [-0.4, -0.2) is 5.84 Å². The zero-order valence-corrected chi connectivity index (χ0v) is 6.05. The average molecular weight is 153 g/mol. The molecule has 1 aromatic rings. The molecule has 0 radical (unpaired) electrons. The van der Waals surface area contributed by atoms with Gasteiger partial charge in [-0.05, 0) is 17.7 Å². The molecule has 0 bridgehead atoms. The molecule has 0 aliphatic heterocycles. The van der Waals surface area contributed by atoms with Crippen molar-refractivity contribution in [3.63, 3.8) is 0 Å². The van der Waals surface area contributed by atoms with E-state index in [1.54, 1.807) is 12.1 Å². The SMILES string of the molecule is NC(=[NH2+])Cc1ccc(F)cc1. The Bertz CT molecular complexity index is 253. The normalized spacial score (nSPS) is 9.55. The highest BCUT2D eigenvalue weighted by Gasteiger charge is 1.98. The van der Waals surface area contributed by atoms with Crippen LogP contribution < -0.4 is 11.1 Å². The Hall–Kier alpha value is -1.38. The van der Waals surface area contributed by atoms with Gasteiger partial charge in [-0.2, -0.15) is 0 Å². The van der Waals surface area contributed by atoms with E-state index in [0.29, 0.717) is 12.3 Å². The molecule has 0 heterocycles. The summed E-state index contributed by atoms with van der Waals surface area (Å²) < 4.78 is 12.4. The van der Waals surface area contributed by atoms with Crippen LogP contribution in [0.4, 0.5) is 4.39 Å². The molecule has 58 valence electrons. The van der Waals surface area contributed by atoms with Crippen molar-refractivity contribution >= 4 is 5.84 Å². The molecule has 1 aromatic carbocycles. The van der Waals surface area contributed by atoms with Gasteiger partial charge in [0.15, 0.2) is 0 Å². The van der Waals surface area contributed by atoms with Gasteiger partial charge in [-0.3, -0.25) is 11.1 Å². The minimum absolute atomic E-state index is 0.246. The fraction of sp³-hybridized carbons (Fsp3) is 0.125. The highest BCUT2D eigenvalue weighted by molar-refractivity contribution is 5.76. The summed E-state index contributed by atoms with van der Waals surface area (Å²) in [5, 5.41) is 5.26. The zero-order valence-electron chi connectivity index (χ0n) is 6.05. The summed E-state index contributed by atoms with van der Waals surface area (Å²) >= 11 is 0. The maximum atomic E-state index is 12.4. The molecule has 0 fully saturated rings. The van der Waals surface area contributed by atoms with Crippen molar-refractivity contribution in [2.24, 2.45) is 5.73 Å². The Balaban J connectivity index is 2.74. The zero-order chi connectivity index (χ0) is 8.27. The summed E-state index contributed by atoms with van der Waals surface area (Å²) in [6.45, 7) is 0. The lowest BCUT2D eigenvalue weighted by Crippen LogP contribution is -2.46. The first-order valence-electron chi connectivity index (χ1n) is 3.29. The minimum Gasteiger partial charge on any atom is -0.291 e. The molecule has 0 atom stereocenters. The minimum atomic E-state index is -0.246. The lowest BCUT2D eigenvalue weighted by atomic mass is 10.1. The van der Waals surface area contributed by atoms with Crippen LogP contribution in [0.15, 0.2) is 24.3 Å². The van der Waals surface area contributed by atoms with E-state index < -0.39 is 0 Å². The van der Waals surface area contributed by atoms with E-state index in [1.807, 2.05) is 0 Å². The first kappa shape index (κ1) is 7.72. The number of amidine groups is 1. The lowest BCUT2D eigenvalue weighted by molar-refractivity contribution is -0.117. The summed E-state index contributed by atoms with van der Waals surface area (Å²) in [4.78, 5) is 0. The van der Waals surface area contributed by atoms with E-state index >= 15 is 0 Å². The Morgan fingerprint density at radius 2 is 1.91 bits per heavy atom. The Morgan fingerprint density at radius 1 is 1.36 bits per heavy atom. The Kier molecular flexibility index (Phi) is 2.21. The largest absolute Gasteiger partial charge is 0.291 e. The van der Waals surface area contributed by atoms with Crippen LogP contribution in [0.5, 0.6) is 0 Å². The van der Waals surface area contributed by atoms with Crippen molar-refractivity contribution in [3.8, 4) is 0 Å². The second-order valence-corrected chi connectivity index (χ2v) is 2.38. The highest BCUT2D eigenvalue weighted by Crippen LogP contribution is 2.02. The molecule has 3 heteroatoms. The van der Waals surface area contributed by atoms with Crippen LogP contribution in [0.3, 0.4) is 0 Å². The standard InChI is InChI=1S/C8H9FN2/c9-7-3-1-6(2-4-7)5-8(10)11/h1-4H,5H2,(H3,10,11)/p+1. The maximum absolute atomic E-state index is 12.4. The van der Waals surface area contributed by atoms with Gasteiger partial charge in [-0.25, -0.2) is 4.39 Å². The van der Waals surface area contributed by atoms with Gasteiger partial charge in [0.05, 0.1) is 6.42 Å². The van der Waals surface area contributed by atoms with E-state index in [2.05, 4.69) is 0 Å². The summed E-state index contributed by atoms with van der Waals surface area (Å²) in [7, 11) is 0. The number of halogens is 1. The quantitative estimate of drug-likeness (QED) is 0.436. The Morgan fingerprint density at radius 3 is 2.36 bits per heavy atom. The van der Waals surface area contributed by atoms with Crippen LogP contribution >= 0.6 is 0 Å². The van der Waals surface area contributed by atoms with Crippen molar-refractivity contribution in [3.05, 3.63) is 35.6 Å². The molecule has 0 unspecified atom stereocenters. The van der Waals surface area contributed by atoms with E-state index in [1.165, 1.54) is 12.1 Å². The summed E-state index contributed by atoms with van der Waals surface area (Å²) in [6.07, 6.45) is 0.500. The monoisotopic (exact) mass is 153 g/mol. The molecule has 0 aliphatic carbocycles. The molecule has 0 aromatic heterocycles. The number of hydrogen-bond acceptors (Lipinski definition) is 0. The van der Waals surface area contributed by atoms with E-state index in [9.17, 15) is 4.39 Å². The fourth-order valence-corrected chi connectivity index (χ4v) is 0.838. The maximum Gasteiger partial charge on any atom is 0.242 e. The summed E-state index contributed by atoms with van der Waals surface area (Å²) in [5.41, 5.74) is 6.19.